The topological polar surface area (TPSA) is 49.4 Å². The molecule has 0 aromatic heterocycles. The molecule has 1 saturated carbocycles. The van der Waals surface area contributed by atoms with E-state index in [0.717, 1.165) is 5.56 Å². The number of hydrogen-bond acceptors (Lipinski definition) is 2. The van der Waals surface area contributed by atoms with E-state index in [2.05, 4.69) is 11.9 Å². The summed E-state index contributed by atoms with van der Waals surface area (Å²) >= 11 is 0. The van der Waals surface area contributed by atoms with E-state index in [1.165, 1.54) is 0 Å². The van der Waals surface area contributed by atoms with Crippen LogP contribution in [-0.4, -0.2) is 29.8 Å². The maximum Gasteiger partial charge on any atom is 0.238 e. The Balaban J connectivity index is 2.06. The highest BCUT2D eigenvalue weighted by molar-refractivity contribution is 6.07. The van der Waals surface area contributed by atoms with Crippen LogP contribution in [0.4, 0.5) is 0 Å². The molecule has 21 heavy (non-hydrogen) atoms. The highest BCUT2D eigenvalue weighted by atomic mass is 16.2. The first-order valence-electron chi connectivity index (χ1n) is 7.36. The minimum atomic E-state index is -0.839. The van der Waals surface area contributed by atoms with E-state index in [1.54, 1.807) is 11.0 Å². The third-order valence-corrected chi connectivity index (χ3v) is 3.89. The Morgan fingerprint density at radius 1 is 1.33 bits per heavy atom. The third-order valence-electron chi connectivity index (χ3n) is 3.89. The molecular weight excluding hydrogens is 264 g/mol. The summed E-state index contributed by atoms with van der Waals surface area (Å²) in [7, 11) is 0. The van der Waals surface area contributed by atoms with E-state index in [0.29, 0.717) is 32.5 Å². The van der Waals surface area contributed by atoms with E-state index < -0.39 is 5.41 Å². The van der Waals surface area contributed by atoms with Crippen molar-refractivity contribution in [2.24, 2.45) is 5.41 Å². The van der Waals surface area contributed by atoms with E-state index in [4.69, 9.17) is 0 Å². The molecular formula is C17H22N2O2. The van der Waals surface area contributed by atoms with E-state index in [1.807, 2.05) is 37.3 Å². The van der Waals surface area contributed by atoms with Crippen molar-refractivity contribution in [3.8, 4) is 0 Å². The highest BCUT2D eigenvalue weighted by Crippen LogP contribution is 2.47. The number of amides is 2. The second-order valence-corrected chi connectivity index (χ2v) is 5.39. The monoisotopic (exact) mass is 286 g/mol. The Kier molecular flexibility index (Phi) is 4.78. The Morgan fingerprint density at radius 3 is 2.52 bits per heavy atom. The fourth-order valence-corrected chi connectivity index (χ4v) is 2.43. The Bertz CT molecular complexity index is 521. The van der Waals surface area contributed by atoms with Gasteiger partial charge >= 0.3 is 0 Å². The lowest BCUT2D eigenvalue weighted by molar-refractivity contribution is -0.144. The van der Waals surface area contributed by atoms with Crippen LogP contribution >= 0.6 is 0 Å². The van der Waals surface area contributed by atoms with Gasteiger partial charge in [-0.05, 0) is 25.3 Å². The molecule has 1 aromatic carbocycles. The molecule has 0 unspecified atom stereocenters. The van der Waals surface area contributed by atoms with E-state index >= 15 is 0 Å². The number of carbonyl (C=O) groups is 2. The van der Waals surface area contributed by atoms with Crippen molar-refractivity contribution in [2.45, 2.75) is 26.3 Å². The average molecular weight is 286 g/mol. The van der Waals surface area contributed by atoms with Gasteiger partial charge in [0.05, 0.1) is 0 Å². The predicted octanol–water partition coefficient (Wildman–Crippen LogP) is 2.12. The van der Waals surface area contributed by atoms with Gasteiger partial charge in [0.1, 0.15) is 5.41 Å². The van der Waals surface area contributed by atoms with E-state index in [-0.39, 0.29) is 11.8 Å². The first-order valence-corrected chi connectivity index (χ1v) is 7.36. The quantitative estimate of drug-likeness (QED) is 0.616. The van der Waals surface area contributed by atoms with E-state index in [9.17, 15) is 9.59 Å². The van der Waals surface area contributed by atoms with Crippen LogP contribution in [0.5, 0.6) is 0 Å². The van der Waals surface area contributed by atoms with Gasteiger partial charge in [0.15, 0.2) is 0 Å². The van der Waals surface area contributed by atoms with Crippen LogP contribution < -0.4 is 5.32 Å². The van der Waals surface area contributed by atoms with Gasteiger partial charge in [-0.3, -0.25) is 9.59 Å². The van der Waals surface area contributed by atoms with Crippen molar-refractivity contribution in [1.82, 2.24) is 10.2 Å². The summed E-state index contributed by atoms with van der Waals surface area (Å²) in [4.78, 5) is 26.7. The molecule has 112 valence electrons. The van der Waals surface area contributed by atoms with Crippen molar-refractivity contribution in [3.05, 3.63) is 48.6 Å². The second-order valence-electron chi connectivity index (χ2n) is 5.39. The van der Waals surface area contributed by atoms with Gasteiger partial charge in [-0.1, -0.05) is 36.4 Å². The van der Waals surface area contributed by atoms with Crippen molar-refractivity contribution < 1.29 is 9.59 Å². The van der Waals surface area contributed by atoms with Crippen LogP contribution in [0.3, 0.4) is 0 Å². The number of carbonyl (C=O) groups excluding carboxylic acids is 2. The lowest BCUT2D eigenvalue weighted by Crippen LogP contribution is -2.45. The number of nitrogens with one attached hydrogen (secondary N) is 1. The summed E-state index contributed by atoms with van der Waals surface area (Å²) < 4.78 is 0. The number of benzene rings is 1. The van der Waals surface area contributed by atoms with Crippen molar-refractivity contribution >= 4 is 11.8 Å². The van der Waals surface area contributed by atoms with Crippen molar-refractivity contribution in [1.29, 1.82) is 0 Å². The van der Waals surface area contributed by atoms with Gasteiger partial charge in [-0.15, -0.1) is 6.58 Å². The van der Waals surface area contributed by atoms with Crippen molar-refractivity contribution in [3.63, 3.8) is 0 Å². The fourth-order valence-electron chi connectivity index (χ4n) is 2.43. The third kappa shape index (κ3) is 3.32. The molecule has 1 fully saturated rings. The number of rotatable bonds is 7. The zero-order chi connectivity index (χ0) is 15.3. The summed E-state index contributed by atoms with van der Waals surface area (Å²) in [6.45, 7) is 7.07. The standard InChI is InChI=1S/C17H22N2O2/c1-3-12-18-15(20)17(10-11-17)16(21)19(4-2)13-14-8-6-5-7-9-14/h3,5-9H,1,4,10-13H2,2H3,(H,18,20). The first-order chi connectivity index (χ1) is 10.1. The van der Waals surface area contributed by atoms with Gasteiger partial charge in [-0.2, -0.15) is 0 Å². The fraction of sp³-hybridized carbons (Fsp3) is 0.412. The zero-order valence-corrected chi connectivity index (χ0v) is 12.5. The molecule has 0 aliphatic heterocycles. The Labute approximate surface area is 125 Å². The smallest absolute Gasteiger partial charge is 0.238 e. The van der Waals surface area contributed by atoms with Crippen LogP contribution in [0, 0.1) is 5.41 Å². The molecule has 0 bridgehead atoms. The Hall–Kier alpha value is -2.10. The molecule has 0 spiro atoms. The SMILES string of the molecule is C=CCNC(=O)C1(C(=O)N(CC)Cc2ccccc2)CC1. The van der Waals surface area contributed by atoms with Crippen LogP contribution in [0.1, 0.15) is 25.3 Å². The lowest BCUT2D eigenvalue weighted by Gasteiger charge is -2.25. The molecule has 1 N–H and O–H groups in total. The predicted molar refractivity (Wildman–Crippen MR) is 82.4 cm³/mol. The molecule has 1 aliphatic carbocycles. The van der Waals surface area contributed by atoms with Gasteiger partial charge in [0.25, 0.3) is 0 Å². The van der Waals surface area contributed by atoms with Gasteiger partial charge in [0, 0.05) is 19.6 Å². The van der Waals surface area contributed by atoms with Crippen molar-refractivity contribution in [2.75, 3.05) is 13.1 Å². The minimum absolute atomic E-state index is 0.0598. The summed E-state index contributed by atoms with van der Waals surface area (Å²) in [5, 5.41) is 2.75. The molecule has 0 atom stereocenters. The summed E-state index contributed by atoms with van der Waals surface area (Å²) in [6, 6.07) is 9.85. The molecule has 1 aromatic rings. The summed E-state index contributed by atoms with van der Waals surface area (Å²) in [5.41, 5.74) is 0.239. The minimum Gasteiger partial charge on any atom is -0.352 e. The Morgan fingerprint density at radius 2 is 2.00 bits per heavy atom. The normalized spacial score (nSPS) is 15.1. The largest absolute Gasteiger partial charge is 0.352 e. The zero-order valence-electron chi connectivity index (χ0n) is 12.5. The molecule has 2 rings (SSSR count). The highest BCUT2D eigenvalue weighted by Gasteiger charge is 2.57. The summed E-state index contributed by atoms with van der Waals surface area (Å²) in [5.74, 6) is -0.227. The van der Waals surface area contributed by atoms with Crippen LogP contribution in [0.2, 0.25) is 0 Å². The second kappa shape index (κ2) is 6.57. The molecule has 4 nitrogen and oxygen atoms in total. The maximum atomic E-state index is 12.7. The molecule has 4 heteroatoms. The lowest BCUT2D eigenvalue weighted by atomic mass is 10.0. The van der Waals surface area contributed by atoms with Gasteiger partial charge < -0.3 is 10.2 Å². The maximum absolute atomic E-state index is 12.7. The molecule has 0 heterocycles. The average Bonchev–Trinajstić information content (AvgIpc) is 3.32. The van der Waals surface area contributed by atoms with Crippen LogP contribution in [0.25, 0.3) is 0 Å². The molecule has 2 amide bonds. The van der Waals surface area contributed by atoms with Gasteiger partial charge in [0.2, 0.25) is 11.8 Å². The first kappa shape index (κ1) is 15.3. The molecule has 0 radical (unpaired) electrons. The van der Waals surface area contributed by atoms with Crippen LogP contribution in [0.15, 0.2) is 43.0 Å². The molecule has 1 aliphatic rings. The molecule has 0 saturated heterocycles. The number of hydrogen-bond donors (Lipinski definition) is 1. The van der Waals surface area contributed by atoms with Crippen LogP contribution in [-0.2, 0) is 16.1 Å². The number of nitrogens with zero attached hydrogens (tertiary/aromatic N) is 1. The summed E-state index contributed by atoms with van der Waals surface area (Å²) in [6.07, 6.45) is 2.90. The van der Waals surface area contributed by atoms with Gasteiger partial charge in [-0.25, -0.2) is 0 Å².